The average Bonchev–Trinajstić information content (AvgIpc) is 2.15. The molecule has 1 saturated heterocycles. The Balaban J connectivity index is 1.66. The number of rotatable bonds is 4. The Hall–Kier alpha value is -0.610. The summed E-state index contributed by atoms with van der Waals surface area (Å²) in [6.45, 7) is 2.59. The maximum Gasteiger partial charge on any atom is 0.234 e. The van der Waals surface area contributed by atoms with Crippen LogP contribution in [0, 0.1) is 0 Å². The lowest BCUT2D eigenvalue weighted by Crippen LogP contribution is -2.57. The van der Waals surface area contributed by atoms with Crippen LogP contribution in [-0.2, 0) is 4.79 Å². The van der Waals surface area contributed by atoms with Crippen LogP contribution < -0.4 is 10.6 Å². The fraction of sp³-hybridized carbons (Fsp3) is 0.917. The Bertz CT molecular complexity index is 228. The van der Waals surface area contributed by atoms with Crippen LogP contribution in [0.2, 0.25) is 0 Å². The Morgan fingerprint density at radius 3 is 2.56 bits per heavy atom. The second-order valence-electron chi connectivity index (χ2n) is 5.13. The van der Waals surface area contributed by atoms with Gasteiger partial charge in [-0.2, -0.15) is 0 Å². The van der Waals surface area contributed by atoms with E-state index >= 15 is 0 Å². The van der Waals surface area contributed by atoms with Crippen LogP contribution in [0.15, 0.2) is 0 Å². The van der Waals surface area contributed by atoms with Gasteiger partial charge in [-0.25, -0.2) is 0 Å². The third-order valence-electron chi connectivity index (χ3n) is 3.75. The number of hydrogen-bond donors (Lipinski definition) is 2. The van der Waals surface area contributed by atoms with Gasteiger partial charge < -0.3 is 10.6 Å². The number of carbonyl (C=O) groups excluding carboxylic acids is 1. The highest BCUT2D eigenvalue weighted by atomic mass is 16.2. The van der Waals surface area contributed by atoms with Crippen LogP contribution >= 0.6 is 0 Å². The van der Waals surface area contributed by atoms with Crippen molar-refractivity contribution in [3.63, 3.8) is 0 Å². The fourth-order valence-electron chi connectivity index (χ4n) is 2.46. The maximum absolute atomic E-state index is 11.8. The van der Waals surface area contributed by atoms with Gasteiger partial charge in [0, 0.05) is 25.2 Å². The van der Waals surface area contributed by atoms with E-state index in [9.17, 15) is 4.79 Å². The van der Waals surface area contributed by atoms with E-state index in [1.807, 2.05) is 7.05 Å². The van der Waals surface area contributed by atoms with Gasteiger partial charge >= 0.3 is 0 Å². The predicted molar refractivity (Wildman–Crippen MR) is 64.3 cm³/mol. The third-order valence-corrected chi connectivity index (χ3v) is 3.75. The molecule has 0 bridgehead atoms. The van der Waals surface area contributed by atoms with E-state index in [2.05, 4.69) is 15.5 Å². The predicted octanol–water partition coefficient (Wildman–Crippen LogP) is 0.339. The van der Waals surface area contributed by atoms with Crippen molar-refractivity contribution in [3.05, 3.63) is 0 Å². The SMILES string of the molecule is CN(CC(=O)NC1CCCCC1)C1CNC1. The molecule has 2 aliphatic rings. The first-order valence-corrected chi connectivity index (χ1v) is 6.46. The monoisotopic (exact) mass is 225 g/mol. The number of likely N-dealkylation sites (N-methyl/N-ethyl adjacent to an activating group) is 1. The summed E-state index contributed by atoms with van der Waals surface area (Å²) in [7, 11) is 2.03. The lowest BCUT2D eigenvalue weighted by Gasteiger charge is -2.35. The summed E-state index contributed by atoms with van der Waals surface area (Å²) in [5.74, 6) is 0.196. The van der Waals surface area contributed by atoms with E-state index in [0.717, 1.165) is 13.1 Å². The van der Waals surface area contributed by atoms with Gasteiger partial charge in [-0.15, -0.1) is 0 Å². The smallest absolute Gasteiger partial charge is 0.234 e. The van der Waals surface area contributed by atoms with Gasteiger partial charge in [0.15, 0.2) is 0 Å². The molecule has 16 heavy (non-hydrogen) atoms. The molecule has 0 unspecified atom stereocenters. The number of hydrogen-bond acceptors (Lipinski definition) is 3. The summed E-state index contributed by atoms with van der Waals surface area (Å²) in [6.07, 6.45) is 6.21. The molecular weight excluding hydrogens is 202 g/mol. The van der Waals surface area contributed by atoms with Crippen LogP contribution in [0.3, 0.4) is 0 Å². The van der Waals surface area contributed by atoms with Crippen molar-refractivity contribution in [3.8, 4) is 0 Å². The number of nitrogens with zero attached hydrogens (tertiary/aromatic N) is 1. The molecule has 0 aromatic carbocycles. The number of nitrogens with one attached hydrogen (secondary N) is 2. The summed E-state index contributed by atoms with van der Waals surface area (Å²) in [5.41, 5.74) is 0. The molecule has 2 N–H and O–H groups in total. The first-order valence-electron chi connectivity index (χ1n) is 6.46. The van der Waals surface area contributed by atoms with Gasteiger partial charge in [-0.3, -0.25) is 9.69 Å². The molecule has 1 amide bonds. The highest BCUT2D eigenvalue weighted by molar-refractivity contribution is 5.78. The average molecular weight is 225 g/mol. The fourth-order valence-corrected chi connectivity index (χ4v) is 2.46. The zero-order valence-corrected chi connectivity index (χ0v) is 10.2. The van der Waals surface area contributed by atoms with E-state index in [1.165, 1.54) is 32.1 Å². The molecular formula is C12H23N3O. The lowest BCUT2D eigenvalue weighted by atomic mass is 9.95. The summed E-state index contributed by atoms with van der Waals surface area (Å²) in [5, 5.41) is 6.38. The molecule has 4 nitrogen and oxygen atoms in total. The second-order valence-corrected chi connectivity index (χ2v) is 5.13. The minimum absolute atomic E-state index is 0.196. The van der Waals surface area contributed by atoms with E-state index in [4.69, 9.17) is 0 Å². The Kier molecular flexibility index (Phi) is 4.18. The van der Waals surface area contributed by atoms with Crippen LogP contribution in [0.4, 0.5) is 0 Å². The lowest BCUT2D eigenvalue weighted by molar-refractivity contribution is -0.123. The maximum atomic E-state index is 11.8. The molecule has 0 spiro atoms. The Morgan fingerprint density at radius 2 is 2.00 bits per heavy atom. The van der Waals surface area contributed by atoms with E-state index in [1.54, 1.807) is 0 Å². The van der Waals surface area contributed by atoms with Crippen LogP contribution in [0.1, 0.15) is 32.1 Å². The van der Waals surface area contributed by atoms with Crippen LogP contribution in [-0.4, -0.2) is 49.6 Å². The van der Waals surface area contributed by atoms with Gasteiger partial charge in [-0.1, -0.05) is 19.3 Å². The minimum Gasteiger partial charge on any atom is -0.352 e. The highest BCUT2D eigenvalue weighted by Crippen LogP contribution is 2.17. The molecule has 2 rings (SSSR count). The molecule has 0 atom stereocenters. The van der Waals surface area contributed by atoms with Crippen molar-refractivity contribution in [2.24, 2.45) is 0 Å². The van der Waals surface area contributed by atoms with Crippen LogP contribution in [0.5, 0.6) is 0 Å². The molecule has 4 heteroatoms. The second kappa shape index (κ2) is 5.64. The highest BCUT2D eigenvalue weighted by Gasteiger charge is 2.23. The van der Waals surface area contributed by atoms with Crippen molar-refractivity contribution < 1.29 is 4.79 Å². The van der Waals surface area contributed by atoms with E-state index in [0.29, 0.717) is 18.6 Å². The molecule has 1 saturated carbocycles. The summed E-state index contributed by atoms with van der Waals surface area (Å²) < 4.78 is 0. The molecule has 2 fully saturated rings. The summed E-state index contributed by atoms with van der Waals surface area (Å²) >= 11 is 0. The number of carbonyl (C=O) groups is 1. The first kappa shape index (κ1) is 11.9. The molecule has 1 heterocycles. The molecule has 92 valence electrons. The van der Waals surface area contributed by atoms with Gasteiger partial charge in [0.05, 0.1) is 6.54 Å². The molecule has 0 aromatic heterocycles. The molecule has 1 aliphatic carbocycles. The Morgan fingerprint density at radius 1 is 1.31 bits per heavy atom. The zero-order valence-electron chi connectivity index (χ0n) is 10.2. The van der Waals surface area contributed by atoms with Crippen molar-refractivity contribution >= 4 is 5.91 Å². The zero-order chi connectivity index (χ0) is 11.4. The van der Waals surface area contributed by atoms with Gasteiger partial charge in [0.25, 0.3) is 0 Å². The van der Waals surface area contributed by atoms with Gasteiger partial charge in [0.1, 0.15) is 0 Å². The van der Waals surface area contributed by atoms with E-state index < -0.39 is 0 Å². The Labute approximate surface area is 97.8 Å². The summed E-state index contributed by atoms with van der Waals surface area (Å²) in [6, 6.07) is 0.992. The normalized spacial score (nSPS) is 23.1. The van der Waals surface area contributed by atoms with Gasteiger partial charge in [-0.05, 0) is 19.9 Å². The standard InChI is InChI=1S/C12H23N3O/c1-15(11-7-13-8-11)9-12(16)14-10-5-3-2-4-6-10/h10-11,13H,2-9H2,1H3,(H,14,16). The molecule has 0 aromatic rings. The summed E-state index contributed by atoms with van der Waals surface area (Å²) in [4.78, 5) is 13.9. The topological polar surface area (TPSA) is 44.4 Å². The van der Waals surface area contributed by atoms with Crippen molar-refractivity contribution in [1.29, 1.82) is 0 Å². The third kappa shape index (κ3) is 3.19. The minimum atomic E-state index is 0.196. The number of amides is 1. The van der Waals surface area contributed by atoms with Crippen molar-refractivity contribution in [2.75, 3.05) is 26.7 Å². The molecule has 0 radical (unpaired) electrons. The van der Waals surface area contributed by atoms with E-state index in [-0.39, 0.29) is 5.91 Å². The van der Waals surface area contributed by atoms with Crippen molar-refractivity contribution in [2.45, 2.75) is 44.2 Å². The largest absolute Gasteiger partial charge is 0.352 e. The quantitative estimate of drug-likeness (QED) is 0.725. The van der Waals surface area contributed by atoms with Crippen molar-refractivity contribution in [1.82, 2.24) is 15.5 Å². The molecule has 1 aliphatic heterocycles. The van der Waals surface area contributed by atoms with Crippen LogP contribution in [0.25, 0.3) is 0 Å². The van der Waals surface area contributed by atoms with Gasteiger partial charge in [0.2, 0.25) is 5.91 Å². The first-order chi connectivity index (χ1) is 7.75.